The fourth-order valence-corrected chi connectivity index (χ4v) is 3.66. The Morgan fingerprint density at radius 2 is 1.65 bits per heavy atom. The molecule has 0 aliphatic heterocycles. The third-order valence-electron chi connectivity index (χ3n) is 2.70. The van der Waals surface area contributed by atoms with Gasteiger partial charge in [0.15, 0.2) is 0 Å². The van der Waals surface area contributed by atoms with Crippen LogP contribution in [-0.4, -0.2) is 8.07 Å². The number of hydrogen-bond acceptors (Lipinski definition) is 0. The molecule has 2 aromatic carbocycles. The third-order valence-corrected chi connectivity index (χ3v) is 4.76. The number of halogens is 2. The molecule has 0 saturated heterocycles. The maximum Gasteiger partial charge on any atom is 3.00 e. The second kappa shape index (κ2) is 7.06. The van der Waals surface area contributed by atoms with Crippen LogP contribution in [0.25, 0.3) is 10.8 Å². The van der Waals surface area contributed by atoms with Crippen molar-refractivity contribution in [2.75, 3.05) is 0 Å². The van der Waals surface area contributed by atoms with Gasteiger partial charge in [-0.05, 0) is 0 Å². The van der Waals surface area contributed by atoms with Crippen molar-refractivity contribution in [1.82, 2.24) is 0 Å². The van der Waals surface area contributed by atoms with Crippen LogP contribution >= 0.6 is 0 Å². The normalized spacial score (nSPS) is 10.1. The van der Waals surface area contributed by atoms with Crippen LogP contribution in [0.2, 0.25) is 19.6 Å². The summed E-state index contributed by atoms with van der Waals surface area (Å²) in [6.07, 6.45) is 0. The van der Waals surface area contributed by atoms with Gasteiger partial charge in [0.25, 0.3) is 0 Å². The van der Waals surface area contributed by atoms with Crippen molar-refractivity contribution >= 4 is 24.0 Å². The maximum atomic E-state index is 2.41. The molecule has 0 aromatic heterocycles. The summed E-state index contributed by atoms with van der Waals surface area (Å²) in [5.74, 6) is 0. The SMILES string of the molecule is Cc1cc2c([Si](C)(C)C)cccc2[cH-]1.[Cl-].[Cl-].[Ti+3]. The summed E-state index contributed by atoms with van der Waals surface area (Å²) in [5.41, 5.74) is 1.38. The number of fused-ring (bicyclic) bond motifs is 1. The van der Waals surface area contributed by atoms with E-state index in [1.807, 2.05) is 0 Å². The van der Waals surface area contributed by atoms with Crippen molar-refractivity contribution in [3.05, 3.63) is 35.9 Å². The summed E-state index contributed by atoms with van der Waals surface area (Å²) < 4.78 is 0. The van der Waals surface area contributed by atoms with Gasteiger partial charge in [-0.1, -0.05) is 32.6 Å². The van der Waals surface area contributed by atoms with Gasteiger partial charge in [-0.15, -0.1) is 34.3 Å². The van der Waals surface area contributed by atoms with Crippen LogP contribution in [0.5, 0.6) is 0 Å². The fourth-order valence-electron chi connectivity index (χ4n) is 2.04. The van der Waals surface area contributed by atoms with Crippen LogP contribution in [-0.2, 0) is 21.7 Å². The van der Waals surface area contributed by atoms with E-state index >= 15 is 0 Å². The Hall–Kier alpha value is 0.341. The molecule has 0 atom stereocenters. The first-order chi connectivity index (χ1) is 6.48. The van der Waals surface area contributed by atoms with Crippen LogP contribution in [0.15, 0.2) is 30.3 Å². The minimum atomic E-state index is -1.18. The van der Waals surface area contributed by atoms with Crippen molar-refractivity contribution in [3.63, 3.8) is 0 Å². The molecule has 0 saturated carbocycles. The third kappa shape index (κ3) is 4.18. The summed E-state index contributed by atoms with van der Waals surface area (Å²) in [7, 11) is -1.18. The molecule has 2 rings (SSSR count). The van der Waals surface area contributed by atoms with Gasteiger partial charge >= 0.3 is 21.7 Å². The predicted molar refractivity (Wildman–Crippen MR) is 67.3 cm³/mol. The Labute approximate surface area is 132 Å². The summed E-state index contributed by atoms with van der Waals surface area (Å²) >= 11 is 0. The second-order valence-electron chi connectivity index (χ2n) is 5.09. The van der Waals surface area contributed by atoms with E-state index in [1.165, 1.54) is 16.3 Å². The van der Waals surface area contributed by atoms with Crippen LogP contribution in [0.3, 0.4) is 0 Å². The fraction of sp³-hybridized carbons (Fsp3) is 0.308. The largest absolute Gasteiger partial charge is 3.00 e. The Balaban J connectivity index is 0. The zero-order valence-corrected chi connectivity index (χ0v) is 14.7. The first-order valence-corrected chi connectivity index (χ1v) is 8.65. The zero-order valence-electron chi connectivity index (χ0n) is 10.6. The molecule has 0 spiro atoms. The van der Waals surface area contributed by atoms with Gasteiger partial charge in [0.2, 0.25) is 0 Å². The molecule has 0 N–H and O–H groups in total. The molecule has 0 fully saturated rings. The van der Waals surface area contributed by atoms with Gasteiger partial charge in [-0.3, -0.25) is 0 Å². The summed E-state index contributed by atoms with van der Waals surface area (Å²) in [5, 5.41) is 4.47. The van der Waals surface area contributed by atoms with Crippen LogP contribution in [0.1, 0.15) is 5.56 Å². The Bertz CT molecular complexity index is 472. The predicted octanol–water partition coefficient (Wildman–Crippen LogP) is -2.58. The first kappa shape index (κ1) is 19.7. The number of aryl methyl sites for hydroxylation is 1. The number of benzene rings is 1. The molecule has 0 unspecified atom stereocenters. The molecule has 17 heavy (non-hydrogen) atoms. The molecule has 0 aliphatic carbocycles. The monoisotopic (exact) mass is 319 g/mol. The van der Waals surface area contributed by atoms with Crippen LogP contribution < -0.4 is 30.0 Å². The van der Waals surface area contributed by atoms with E-state index in [4.69, 9.17) is 0 Å². The van der Waals surface area contributed by atoms with Crippen molar-refractivity contribution in [3.8, 4) is 0 Å². The molecule has 1 radical (unpaired) electrons. The first-order valence-electron chi connectivity index (χ1n) is 5.15. The standard InChI is InChI=1S/C13H17Si.2ClH.Ti/c1-10-8-11-6-5-7-13(12(11)9-10)14(2,3)4;;;/h5-9H,1-4H3;2*1H;/q-1;;;+3/p-2. The van der Waals surface area contributed by atoms with E-state index in [0.29, 0.717) is 0 Å². The maximum absolute atomic E-state index is 2.41. The Kier molecular flexibility index (Phi) is 8.17. The van der Waals surface area contributed by atoms with Crippen molar-refractivity contribution < 1.29 is 46.5 Å². The smallest absolute Gasteiger partial charge is 1.00 e. The van der Waals surface area contributed by atoms with Gasteiger partial charge in [0, 0.05) is 0 Å². The van der Waals surface area contributed by atoms with Gasteiger partial charge in [-0.25, -0.2) is 0 Å². The average Bonchev–Trinajstić information content (AvgIpc) is 2.41. The molecule has 0 amide bonds. The van der Waals surface area contributed by atoms with Gasteiger partial charge in [-0.2, -0.15) is 11.5 Å². The summed E-state index contributed by atoms with van der Waals surface area (Å²) in [4.78, 5) is 0. The van der Waals surface area contributed by atoms with E-state index in [0.717, 1.165) is 0 Å². The second-order valence-corrected chi connectivity index (χ2v) is 10.1. The molecule has 2 aromatic rings. The zero-order chi connectivity index (χ0) is 10.3. The Morgan fingerprint density at radius 1 is 1.06 bits per heavy atom. The van der Waals surface area contributed by atoms with Crippen LogP contribution in [0.4, 0.5) is 0 Å². The minimum absolute atomic E-state index is 0. The quantitative estimate of drug-likeness (QED) is 0.400. The molecule has 0 aliphatic rings. The summed E-state index contributed by atoms with van der Waals surface area (Å²) in [6, 6.07) is 11.3. The van der Waals surface area contributed by atoms with E-state index in [9.17, 15) is 0 Å². The van der Waals surface area contributed by atoms with Gasteiger partial charge in [0.1, 0.15) is 0 Å². The topological polar surface area (TPSA) is 0 Å². The Morgan fingerprint density at radius 3 is 2.18 bits per heavy atom. The molecule has 0 nitrogen and oxygen atoms in total. The van der Waals surface area contributed by atoms with E-state index in [1.54, 1.807) is 5.19 Å². The molecule has 0 bridgehead atoms. The molecule has 91 valence electrons. The van der Waals surface area contributed by atoms with E-state index in [2.05, 4.69) is 56.9 Å². The van der Waals surface area contributed by atoms with Crippen molar-refractivity contribution in [1.29, 1.82) is 0 Å². The average molecular weight is 320 g/mol. The molecular formula is C13H17Cl2SiTi. The van der Waals surface area contributed by atoms with Crippen LogP contribution in [0, 0.1) is 6.92 Å². The van der Waals surface area contributed by atoms with Crippen molar-refractivity contribution in [2.24, 2.45) is 0 Å². The number of hydrogen-bond donors (Lipinski definition) is 0. The van der Waals surface area contributed by atoms with Gasteiger partial charge in [0.05, 0.1) is 8.07 Å². The molecular weight excluding hydrogens is 303 g/mol. The molecule has 4 heteroatoms. The van der Waals surface area contributed by atoms with E-state index in [-0.39, 0.29) is 46.5 Å². The number of rotatable bonds is 1. The van der Waals surface area contributed by atoms with E-state index < -0.39 is 8.07 Å². The molecule has 0 heterocycles. The van der Waals surface area contributed by atoms with Crippen molar-refractivity contribution in [2.45, 2.75) is 26.6 Å². The summed E-state index contributed by atoms with van der Waals surface area (Å²) in [6.45, 7) is 9.40. The van der Waals surface area contributed by atoms with Gasteiger partial charge < -0.3 is 24.8 Å². The minimum Gasteiger partial charge on any atom is -1.00 e.